The van der Waals surface area contributed by atoms with E-state index in [1.807, 2.05) is 42.7 Å². The van der Waals surface area contributed by atoms with Gasteiger partial charge in [-0.3, -0.25) is 5.41 Å². The number of hydrogen-bond acceptors (Lipinski definition) is 3. The van der Waals surface area contributed by atoms with Gasteiger partial charge in [0.2, 0.25) is 5.90 Å². The molecule has 0 aliphatic carbocycles. The summed E-state index contributed by atoms with van der Waals surface area (Å²) in [4.78, 5) is 14.4. The molecular weight excluding hydrogens is 616 g/mol. The van der Waals surface area contributed by atoms with E-state index in [1.54, 1.807) is 6.92 Å². The van der Waals surface area contributed by atoms with E-state index < -0.39 is 0 Å². The molecule has 3 aromatic carbocycles. The number of benzene rings is 3. The van der Waals surface area contributed by atoms with Gasteiger partial charge in [-0.15, -0.1) is 0 Å². The van der Waals surface area contributed by atoms with Crippen LogP contribution in [0.5, 0.6) is 0 Å². The number of rotatable bonds is 6. The summed E-state index contributed by atoms with van der Waals surface area (Å²) in [6.07, 6.45) is 1.93. The first-order valence-electron chi connectivity index (χ1n) is 9.06. The summed E-state index contributed by atoms with van der Waals surface area (Å²) >= 11 is 0. The van der Waals surface area contributed by atoms with Gasteiger partial charge in [-0.05, 0) is 37.8 Å². The van der Waals surface area contributed by atoms with Gasteiger partial charge in [-0.25, -0.2) is 0 Å². The molecule has 150 valence electrons. The summed E-state index contributed by atoms with van der Waals surface area (Å²) in [6.45, 7) is 8.92. The zero-order valence-electron chi connectivity index (χ0n) is 16.9. The molecule has 3 nitrogen and oxygen atoms in total. The van der Waals surface area contributed by atoms with Crippen molar-refractivity contribution in [2.45, 2.75) is 21.6 Å². The second-order valence-electron chi connectivity index (χ2n) is 6.02. The molecule has 0 fully saturated rings. The van der Waals surface area contributed by atoms with Crippen molar-refractivity contribution in [3.8, 4) is 0 Å². The van der Waals surface area contributed by atoms with E-state index in [0.717, 1.165) is 0 Å². The van der Waals surface area contributed by atoms with Crippen LogP contribution in [0.3, 0.4) is 0 Å². The quantitative estimate of drug-likeness (QED) is 0.165. The van der Waals surface area contributed by atoms with E-state index in [-0.39, 0.29) is 47.9 Å². The van der Waals surface area contributed by atoms with Crippen LogP contribution in [0.25, 0.3) is 0 Å². The Kier molecular flexibility index (Phi) is 12.2. The number of nitrogens with one attached hydrogen (secondary N) is 1. The predicted octanol–water partition coefficient (Wildman–Crippen LogP) is 5.63. The third-order valence-electron chi connectivity index (χ3n) is 3.80. The Balaban J connectivity index is 0.000000431. The molecule has 0 unspecified atom stereocenters. The first kappa shape index (κ1) is 26.0. The second-order valence-corrected chi connectivity index (χ2v) is 8.04. The third kappa shape index (κ3) is 7.99. The zero-order valence-corrected chi connectivity index (χ0v) is 21.9. The van der Waals surface area contributed by atoms with Crippen molar-refractivity contribution < 1.29 is 40.6 Å². The van der Waals surface area contributed by atoms with Crippen molar-refractivity contribution in [1.29, 1.82) is 5.41 Å². The van der Waals surface area contributed by atoms with Crippen LogP contribution < -0.4 is 0 Å². The minimum atomic E-state index is -0.155. The Labute approximate surface area is 205 Å². The molecule has 0 amide bonds. The molecule has 30 heavy (non-hydrogen) atoms. The monoisotopic (exact) mass is 640 g/mol. The number of ether oxygens (including phenoxy) is 1. The molecule has 0 atom stereocenters. The zero-order chi connectivity index (χ0) is 21.1. The van der Waals surface area contributed by atoms with Crippen molar-refractivity contribution in [1.82, 2.24) is 0 Å². The van der Waals surface area contributed by atoms with Crippen LogP contribution in [-0.4, -0.2) is 18.8 Å². The van der Waals surface area contributed by atoms with Crippen LogP contribution in [0.2, 0.25) is 0 Å². The van der Waals surface area contributed by atoms with E-state index in [4.69, 9.17) is 5.41 Å². The summed E-state index contributed by atoms with van der Waals surface area (Å²) in [5.41, 5.74) is 1.22. The molecule has 0 aliphatic heterocycles. The van der Waals surface area contributed by atoms with Gasteiger partial charge in [0.15, 0.2) is 9.79 Å². The van der Waals surface area contributed by atoms with E-state index in [2.05, 4.69) is 66.8 Å². The smallest absolute Gasteiger partial charge is 0.511 e. The Morgan fingerprint density at radius 2 is 1.37 bits per heavy atom. The van der Waals surface area contributed by atoms with E-state index in [1.165, 1.54) is 14.7 Å². The SMILES string of the molecule is C=C(C)C(=N)OC[CH2-].O=[C-]c1ccc([S+](c2ccccc2)c2ccccc2)cc1.[U+2]. The van der Waals surface area contributed by atoms with E-state index in [9.17, 15) is 4.79 Å². The largest absolute Gasteiger partial charge is 2.00 e. The summed E-state index contributed by atoms with van der Waals surface area (Å²) in [5.74, 6) is 0.125. The van der Waals surface area contributed by atoms with Crippen molar-refractivity contribution in [2.24, 2.45) is 0 Å². The Morgan fingerprint density at radius 3 is 1.70 bits per heavy atom. The molecule has 5 heteroatoms. The van der Waals surface area contributed by atoms with Crippen LogP contribution in [-0.2, 0) is 20.4 Å². The Bertz CT molecular complexity index is 889. The van der Waals surface area contributed by atoms with Gasteiger partial charge in [0.1, 0.15) is 4.90 Å². The molecule has 0 aromatic heterocycles. The Hall–Kier alpha value is -2.06. The van der Waals surface area contributed by atoms with Crippen molar-refractivity contribution in [3.63, 3.8) is 0 Å². The molecule has 0 heterocycles. The first-order valence-corrected chi connectivity index (χ1v) is 10.3. The molecule has 1 N–H and O–H groups in total. The van der Waals surface area contributed by atoms with Gasteiger partial charge in [-0.1, -0.05) is 55.1 Å². The molecule has 0 saturated carbocycles. The van der Waals surface area contributed by atoms with Gasteiger partial charge in [0.25, 0.3) is 0 Å². The molecular formula is C25H24NO2SU+. The predicted molar refractivity (Wildman–Crippen MR) is 120 cm³/mol. The third-order valence-corrected chi connectivity index (χ3v) is 6.03. The van der Waals surface area contributed by atoms with Crippen LogP contribution in [0.1, 0.15) is 12.5 Å². The summed E-state index contributed by atoms with van der Waals surface area (Å²) in [6, 6.07) is 28.6. The minimum Gasteiger partial charge on any atom is -0.511 e. The van der Waals surface area contributed by atoms with Gasteiger partial charge in [0.05, 0.1) is 17.2 Å². The van der Waals surface area contributed by atoms with Gasteiger partial charge < -0.3 is 16.5 Å². The number of hydrogen-bond donors (Lipinski definition) is 1. The molecule has 3 rings (SSSR count). The van der Waals surface area contributed by atoms with E-state index >= 15 is 0 Å². The van der Waals surface area contributed by atoms with Crippen LogP contribution >= 0.6 is 0 Å². The van der Waals surface area contributed by atoms with E-state index in [0.29, 0.717) is 17.7 Å². The minimum absolute atomic E-state index is 0. The topological polar surface area (TPSA) is 50.1 Å². The molecule has 0 aliphatic rings. The normalized spacial score (nSPS) is 9.57. The summed E-state index contributed by atoms with van der Waals surface area (Å²) in [5, 5.41) is 6.98. The van der Waals surface area contributed by atoms with Crippen LogP contribution in [0.4, 0.5) is 0 Å². The average molecular weight is 641 g/mol. The maximum atomic E-state index is 10.7. The summed E-state index contributed by atoms with van der Waals surface area (Å²) in [7, 11) is -0.155. The standard InChI is InChI=1S/C19H14OS.C6H10NO.U/c20-15-16-11-13-19(14-12-16)21(17-7-3-1-4-8-17)18-9-5-2-6-10-18;1-4-8-6(7)5(2)3;/h1-14H;7H,1-2,4H2,3H3;/q;-1;+2. The van der Waals surface area contributed by atoms with Crippen molar-refractivity contribution >= 4 is 23.1 Å². The fourth-order valence-electron chi connectivity index (χ4n) is 2.41. The van der Waals surface area contributed by atoms with Crippen LogP contribution in [0.15, 0.2) is 112 Å². The fraction of sp³-hybridized carbons (Fsp3) is 0.0800. The second kappa shape index (κ2) is 14.0. The van der Waals surface area contributed by atoms with Crippen molar-refractivity contribution in [2.75, 3.05) is 6.61 Å². The molecule has 0 spiro atoms. The van der Waals surface area contributed by atoms with Gasteiger partial charge >= 0.3 is 31.1 Å². The van der Waals surface area contributed by atoms with Gasteiger partial charge in [-0.2, -0.15) is 17.7 Å². The molecule has 3 aromatic rings. The molecule has 0 bridgehead atoms. The average Bonchev–Trinajstić information content (AvgIpc) is 2.76. The summed E-state index contributed by atoms with van der Waals surface area (Å²) < 4.78 is 4.68. The maximum Gasteiger partial charge on any atom is 2.00 e. The maximum absolute atomic E-state index is 10.7. The van der Waals surface area contributed by atoms with Crippen LogP contribution in [0, 0.1) is 43.4 Å². The fourth-order valence-corrected chi connectivity index (χ4v) is 4.49. The van der Waals surface area contributed by atoms with Gasteiger partial charge in [0, 0.05) is 5.57 Å². The van der Waals surface area contributed by atoms with Crippen molar-refractivity contribution in [3.05, 3.63) is 110 Å². The molecule has 0 saturated heterocycles. The first-order chi connectivity index (χ1) is 14.1. The Morgan fingerprint density at radius 1 is 0.933 bits per heavy atom. The number of carbonyl (C=O) groups excluding carboxylic acids is 1. The molecule has 0 radical (unpaired) electrons.